The molecule has 0 aliphatic heterocycles. The van der Waals surface area contributed by atoms with Crippen LogP contribution >= 0.6 is 0 Å². The maximum absolute atomic E-state index is 10.9. The maximum Gasteiger partial charge on any atom is 0.255 e. The van der Waals surface area contributed by atoms with Crippen molar-refractivity contribution in [3.63, 3.8) is 0 Å². The van der Waals surface area contributed by atoms with Crippen LogP contribution in [-0.2, 0) is 17.9 Å². The third-order valence-electron chi connectivity index (χ3n) is 4.01. The number of primary amides is 1. The number of carbonyl (C=O) groups is 1. The van der Waals surface area contributed by atoms with E-state index in [1.165, 1.54) is 0 Å². The summed E-state index contributed by atoms with van der Waals surface area (Å²) in [7, 11) is 0. The second-order valence-electron chi connectivity index (χ2n) is 6.50. The minimum atomic E-state index is -0.505. The summed E-state index contributed by atoms with van der Waals surface area (Å²) in [6.45, 7) is 8.35. The molecule has 156 valence electrons. The van der Waals surface area contributed by atoms with Crippen LogP contribution in [0.3, 0.4) is 0 Å². The third-order valence-corrected chi connectivity index (χ3v) is 4.01. The molecule has 0 spiro atoms. The van der Waals surface area contributed by atoms with Crippen molar-refractivity contribution in [2.75, 3.05) is 19.8 Å². The van der Waals surface area contributed by atoms with E-state index in [2.05, 4.69) is 27.8 Å². The Bertz CT molecular complexity index is 837. The van der Waals surface area contributed by atoms with E-state index in [9.17, 15) is 4.79 Å². The van der Waals surface area contributed by atoms with Gasteiger partial charge in [0.25, 0.3) is 5.91 Å². The summed E-state index contributed by atoms with van der Waals surface area (Å²) in [5.41, 5.74) is 8.32. The van der Waals surface area contributed by atoms with Gasteiger partial charge in [-0.2, -0.15) is 0 Å². The first-order valence-electron chi connectivity index (χ1n) is 9.76. The number of aliphatic imine (C=N–C) groups is 1. The molecule has 2 aromatic rings. The normalized spacial score (nSPS) is 11.1. The zero-order chi connectivity index (χ0) is 21.1. The fourth-order valence-corrected chi connectivity index (χ4v) is 2.68. The average Bonchev–Trinajstić information content (AvgIpc) is 2.70. The molecule has 0 heterocycles. The first-order valence-corrected chi connectivity index (χ1v) is 9.76. The van der Waals surface area contributed by atoms with Crippen LogP contribution in [0.4, 0.5) is 0 Å². The lowest BCUT2D eigenvalue weighted by atomic mass is 10.1. The number of nitrogens with two attached hydrogens (primary N) is 1. The van der Waals surface area contributed by atoms with E-state index in [1.54, 1.807) is 6.07 Å². The van der Waals surface area contributed by atoms with E-state index in [4.69, 9.17) is 15.2 Å². The van der Waals surface area contributed by atoms with Crippen molar-refractivity contribution in [3.05, 3.63) is 59.2 Å². The molecule has 7 heteroatoms. The Kier molecular flexibility index (Phi) is 8.82. The summed E-state index contributed by atoms with van der Waals surface area (Å²) >= 11 is 0. The van der Waals surface area contributed by atoms with E-state index in [1.807, 2.05) is 45.0 Å². The third kappa shape index (κ3) is 7.73. The van der Waals surface area contributed by atoms with Crippen molar-refractivity contribution in [2.45, 2.75) is 33.9 Å². The van der Waals surface area contributed by atoms with E-state index in [0.29, 0.717) is 31.4 Å². The fraction of sp³-hybridized carbons (Fsp3) is 0.364. The van der Waals surface area contributed by atoms with Gasteiger partial charge in [-0.25, -0.2) is 4.99 Å². The first kappa shape index (κ1) is 22.1. The number of carbonyl (C=O) groups excluding carboxylic acids is 1. The molecule has 0 aromatic heterocycles. The van der Waals surface area contributed by atoms with Crippen LogP contribution in [0.15, 0.2) is 47.5 Å². The molecule has 0 unspecified atom stereocenters. The van der Waals surface area contributed by atoms with Gasteiger partial charge in [0.15, 0.2) is 12.6 Å². The monoisotopic (exact) mass is 398 g/mol. The summed E-state index contributed by atoms with van der Waals surface area (Å²) in [6, 6.07) is 13.6. The van der Waals surface area contributed by atoms with Crippen molar-refractivity contribution >= 4 is 11.9 Å². The predicted octanol–water partition coefficient (Wildman–Crippen LogP) is 2.51. The van der Waals surface area contributed by atoms with E-state index in [-0.39, 0.29) is 6.61 Å². The van der Waals surface area contributed by atoms with Crippen molar-refractivity contribution in [2.24, 2.45) is 10.7 Å². The molecule has 0 aliphatic rings. The van der Waals surface area contributed by atoms with E-state index < -0.39 is 5.91 Å². The van der Waals surface area contributed by atoms with Crippen LogP contribution in [0.25, 0.3) is 0 Å². The quantitative estimate of drug-likeness (QED) is 0.422. The maximum atomic E-state index is 10.9. The molecule has 4 N–H and O–H groups in total. The van der Waals surface area contributed by atoms with Crippen molar-refractivity contribution in [1.29, 1.82) is 0 Å². The number of benzene rings is 2. The molecule has 2 rings (SSSR count). The summed E-state index contributed by atoms with van der Waals surface area (Å²) in [5, 5.41) is 6.59. The van der Waals surface area contributed by atoms with Crippen LogP contribution in [0.1, 0.15) is 30.5 Å². The van der Waals surface area contributed by atoms with Crippen LogP contribution < -0.4 is 25.8 Å². The minimum absolute atomic E-state index is 0.143. The van der Waals surface area contributed by atoms with E-state index in [0.717, 1.165) is 29.0 Å². The zero-order valence-corrected chi connectivity index (χ0v) is 17.3. The Balaban J connectivity index is 2.03. The molecule has 7 nitrogen and oxygen atoms in total. The number of hydrogen-bond donors (Lipinski definition) is 3. The second-order valence-corrected chi connectivity index (χ2v) is 6.50. The van der Waals surface area contributed by atoms with Gasteiger partial charge in [0, 0.05) is 18.7 Å². The largest absolute Gasteiger partial charge is 0.494 e. The zero-order valence-electron chi connectivity index (χ0n) is 17.3. The van der Waals surface area contributed by atoms with Crippen LogP contribution in [0.5, 0.6) is 11.5 Å². The van der Waals surface area contributed by atoms with Gasteiger partial charge in [-0.05, 0) is 50.1 Å². The fourth-order valence-electron chi connectivity index (χ4n) is 2.68. The Morgan fingerprint density at radius 1 is 1.10 bits per heavy atom. The number of nitrogens with zero attached hydrogens (tertiary/aromatic N) is 1. The Labute approximate surface area is 172 Å². The SMILES string of the molecule is CCNC(=NCc1cccc(OCC(N)=O)c1)NCc1ccc(C)cc1OCC. The predicted molar refractivity (Wildman–Crippen MR) is 115 cm³/mol. The summed E-state index contributed by atoms with van der Waals surface area (Å²) in [5.74, 6) is 1.68. The Morgan fingerprint density at radius 2 is 1.93 bits per heavy atom. The van der Waals surface area contributed by atoms with Gasteiger partial charge in [0.1, 0.15) is 11.5 Å². The molecule has 0 saturated carbocycles. The Morgan fingerprint density at radius 3 is 2.66 bits per heavy atom. The first-order chi connectivity index (χ1) is 14.0. The summed E-state index contributed by atoms with van der Waals surface area (Å²) in [6.07, 6.45) is 0. The summed E-state index contributed by atoms with van der Waals surface area (Å²) < 4.78 is 11.1. The van der Waals surface area contributed by atoms with Gasteiger partial charge in [0.05, 0.1) is 13.2 Å². The minimum Gasteiger partial charge on any atom is -0.494 e. The number of hydrogen-bond acceptors (Lipinski definition) is 4. The van der Waals surface area contributed by atoms with Gasteiger partial charge >= 0.3 is 0 Å². The van der Waals surface area contributed by atoms with Crippen molar-refractivity contribution in [3.8, 4) is 11.5 Å². The lowest BCUT2D eigenvalue weighted by molar-refractivity contribution is -0.119. The molecular weight excluding hydrogens is 368 g/mol. The van der Waals surface area contributed by atoms with Crippen molar-refractivity contribution in [1.82, 2.24) is 10.6 Å². The molecule has 0 aliphatic carbocycles. The molecule has 0 atom stereocenters. The molecule has 0 bridgehead atoms. The molecule has 0 saturated heterocycles. The number of guanidine groups is 1. The molecule has 2 aromatic carbocycles. The standard InChI is InChI=1S/C22H30N4O3/c1-4-24-22(26-14-18-10-9-16(3)11-20(18)28-5-2)25-13-17-7-6-8-19(12-17)29-15-21(23)27/h6-12H,4-5,13-15H2,1-3H3,(H2,23,27)(H2,24,25,26). The lowest BCUT2D eigenvalue weighted by Crippen LogP contribution is -2.36. The molecular formula is C22H30N4O3. The smallest absolute Gasteiger partial charge is 0.255 e. The molecule has 0 radical (unpaired) electrons. The number of ether oxygens (including phenoxy) is 2. The van der Waals surface area contributed by atoms with Gasteiger partial charge in [-0.1, -0.05) is 24.3 Å². The lowest BCUT2D eigenvalue weighted by Gasteiger charge is -2.15. The van der Waals surface area contributed by atoms with Gasteiger partial charge in [-0.3, -0.25) is 4.79 Å². The molecule has 0 fully saturated rings. The number of amides is 1. The molecule has 29 heavy (non-hydrogen) atoms. The summed E-state index contributed by atoms with van der Waals surface area (Å²) in [4.78, 5) is 15.5. The number of nitrogens with one attached hydrogen (secondary N) is 2. The Hall–Kier alpha value is -3.22. The van der Waals surface area contributed by atoms with Crippen LogP contribution in [0, 0.1) is 6.92 Å². The van der Waals surface area contributed by atoms with E-state index >= 15 is 0 Å². The highest BCUT2D eigenvalue weighted by molar-refractivity contribution is 5.79. The number of aryl methyl sites for hydroxylation is 1. The highest BCUT2D eigenvalue weighted by Crippen LogP contribution is 2.20. The second kappa shape index (κ2) is 11.6. The average molecular weight is 399 g/mol. The van der Waals surface area contributed by atoms with Crippen molar-refractivity contribution < 1.29 is 14.3 Å². The number of rotatable bonds is 10. The van der Waals surface area contributed by atoms with Crippen LogP contribution in [-0.4, -0.2) is 31.6 Å². The topological polar surface area (TPSA) is 98.0 Å². The van der Waals surface area contributed by atoms with Crippen LogP contribution in [0.2, 0.25) is 0 Å². The highest BCUT2D eigenvalue weighted by Gasteiger charge is 2.06. The highest BCUT2D eigenvalue weighted by atomic mass is 16.5. The van der Waals surface area contributed by atoms with Gasteiger partial charge in [0.2, 0.25) is 0 Å². The molecule has 1 amide bonds. The van der Waals surface area contributed by atoms with Gasteiger partial charge < -0.3 is 25.8 Å². The van der Waals surface area contributed by atoms with Gasteiger partial charge in [-0.15, -0.1) is 0 Å².